The second-order valence-electron chi connectivity index (χ2n) is 3.73. The number of thiophene rings is 1. The van der Waals surface area contributed by atoms with Crippen molar-refractivity contribution >= 4 is 23.1 Å². The molecule has 0 atom stereocenters. The van der Waals surface area contributed by atoms with Gasteiger partial charge in [0.25, 0.3) is 0 Å². The number of methoxy groups -OCH3 is 1. The van der Waals surface area contributed by atoms with Gasteiger partial charge in [-0.1, -0.05) is 12.1 Å². The van der Waals surface area contributed by atoms with Crippen LogP contribution in [0, 0.1) is 0 Å². The Morgan fingerprint density at radius 1 is 1.28 bits per heavy atom. The van der Waals surface area contributed by atoms with Gasteiger partial charge in [-0.05, 0) is 29.8 Å². The number of benzene rings is 1. The molecule has 0 bridgehead atoms. The van der Waals surface area contributed by atoms with Crippen LogP contribution in [0.2, 0.25) is 0 Å². The molecular weight excluding hydrogens is 250 g/mol. The summed E-state index contributed by atoms with van der Waals surface area (Å²) >= 11 is 1.61. The van der Waals surface area contributed by atoms with Crippen molar-refractivity contribution in [1.82, 2.24) is 0 Å². The molecule has 1 heterocycles. The Kier molecular flexibility index (Phi) is 3.84. The van der Waals surface area contributed by atoms with E-state index in [0.29, 0.717) is 5.69 Å². The molecule has 2 N–H and O–H groups in total. The first-order valence-electron chi connectivity index (χ1n) is 5.39. The molecule has 0 saturated heterocycles. The summed E-state index contributed by atoms with van der Waals surface area (Å²) in [6.45, 7) is 0. The number of ether oxygens (including phenoxy) is 1. The van der Waals surface area contributed by atoms with Crippen LogP contribution in [0.25, 0.3) is 0 Å². The zero-order valence-electron chi connectivity index (χ0n) is 9.84. The third kappa shape index (κ3) is 3.24. The average molecular weight is 263 g/mol. The number of rotatable bonds is 4. The van der Waals surface area contributed by atoms with Crippen molar-refractivity contribution in [3.05, 3.63) is 46.8 Å². The van der Waals surface area contributed by atoms with Gasteiger partial charge in [-0.3, -0.25) is 5.32 Å². The van der Waals surface area contributed by atoms with E-state index in [1.807, 2.05) is 24.3 Å². The Morgan fingerprint density at radius 3 is 2.56 bits per heavy atom. The number of nitrogens with one attached hydrogen (secondary N) is 1. The molecule has 0 aliphatic carbocycles. The van der Waals surface area contributed by atoms with E-state index >= 15 is 0 Å². The number of hydrogen-bond acceptors (Lipinski definition) is 3. The van der Waals surface area contributed by atoms with E-state index in [2.05, 4.69) is 5.32 Å². The van der Waals surface area contributed by atoms with Gasteiger partial charge >= 0.3 is 6.09 Å². The van der Waals surface area contributed by atoms with Gasteiger partial charge in [0.2, 0.25) is 0 Å². The highest BCUT2D eigenvalue weighted by Crippen LogP contribution is 2.26. The van der Waals surface area contributed by atoms with E-state index in [1.165, 1.54) is 4.88 Å². The van der Waals surface area contributed by atoms with Crippen LogP contribution in [-0.2, 0) is 6.42 Å². The average Bonchev–Trinajstić information content (AvgIpc) is 2.79. The first kappa shape index (κ1) is 12.4. The number of hydrogen-bond donors (Lipinski definition) is 2. The van der Waals surface area contributed by atoms with Gasteiger partial charge in [-0.25, -0.2) is 4.79 Å². The van der Waals surface area contributed by atoms with Crippen LogP contribution in [-0.4, -0.2) is 18.3 Å². The summed E-state index contributed by atoms with van der Waals surface area (Å²) in [4.78, 5) is 11.7. The van der Waals surface area contributed by atoms with E-state index < -0.39 is 6.09 Å². The van der Waals surface area contributed by atoms with Gasteiger partial charge in [-0.15, -0.1) is 11.3 Å². The summed E-state index contributed by atoms with van der Waals surface area (Å²) in [7, 11) is 1.65. The Balaban J connectivity index is 2.03. The summed E-state index contributed by atoms with van der Waals surface area (Å²) in [6, 6.07) is 11.3. The monoisotopic (exact) mass is 263 g/mol. The Bertz CT molecular complexity index is 533. The minimum absolute atomic E-state index is 0.579. The zero-order valence-corrected chi connectivity index (χ0v) is 10.7. The van der Waals surface area contributed by atoms with E-state index in [0.717, 1.165) is 17.0 Å². The van der Waals surface area contributed by atoms with Crippen LogP contribution in [0.3, 0.4) is 0 Å². The molecular formula is C13H13NO3S. The highest BCUT2D eigenvalue weighted by Gasteiger charge is 2.02. The molecule has 5 heteroatoms. The lowest BCUT2D eigenvalue weighted by atomic mass is 10.1. The topological polar surface area (TPSA) is 58.6 Å². The lowest BCUT2D eigenvalue weighted by Crippen LogP contribution is -2.06. The summed E-state index contributed by atoms with van der Waals surface area (Å²) in [5, 5.41) is 11.8. The van der Waals surface area contributed by atoms with Crippen molar-refractivity contribution in [3.8, 4) is 5.06 Å². The molecule has 1 aromatic heterocycles. The normalized spacial score (nSPS) is 10.1. The fraction of sp³-hybridized carbons (Fsp3) is 0.154. The maximum Gasteiger partial charge on any atom is 0.409 e. The molecule has 94 valence electrons. The van der Waals surface area contributed by atoms with E-state index in [9.17, 15) is 4.79 Å². The van der Waals surface area contributed by atoms with E-state index in [-0.39, 0.29) is 0 Å². The summed E-state index contributed by atoms with van der Waals surface area (Å²) in [5.41, 5.74) is 1.71. The van der Waals surface area contributed by atoms with Gasteiger partial charge in [0.15, 0.2) is 5.06 Å². The third-order valence-electron chi connectivity index (χ3n) is 2.42. The SMILES string of the molecule is COc1ccc(Cc2ccc(NC(=O)O)cc2)s1. The molecule has 18 heavy (non-hydrogen) atoms. The maximum absolute atomic E-state index is 10.5. The van der Waals surface area contributed by atoms with Crippen LogP contribution in [0.4, 0.5) is 10.5 Å². The van der Waals surface area contributed by atoms with E-state index in [1.54, 1.807) is 30.6 Å². The second-order valence-corrected chi connectivity index (χ2v) is 4.86. The van der Waals surface area contributed by atoms with Gasteiger partial charge in [0, 0.05) is 17.0 Å². The Hall–Kier alpha value is -2.01. The first-order chi connectivity index (χ1) is 8.67. The molecule has 0 saturated carbocycles. The van der Waals surface area contributed by atoms with E-state index in [4.69, 9.17) is 9.84 Å². The van der Waals surface area contributed by atoms with Crippen molar-refractivity contribution in [3.63, 3.8) is 0 Å². The standard InChI is InChI=1S/C13H13NO3S/c1-17-12-7-6-11(18-12)8-9-2-4-10(5-3-9)14-13(15)16/h2-7,14H,8H2,1H3,(H,15,16). The van der Waals surface area contributed by atoms with Gasteiger partial charge < -0.3 is 9.84 Å². The summed E-state index contributed by atoms with van der Waals surface area (Å²) < 4.78 is 5.14. The number of amides is 1. The molecule has 0 aliphatic rings. The van der Waals surface area contributed by atoms with Gasteiger partial charge in [0.05, 0.1) is 7.11 Å². The van der Waals surface area contributed by atoms with Crippen molar-refractivity contribution in [2.45, 2.75) is 6.42 Å². The lowest BCUT2D eigenvalue weighted by molar-refractivity contribution is 0.210. The fourth-order valence-corrected chi connectivity index (χ4v) is 2.45. The molecule has 0 spiro atoms. The zero-order chi connectivity index (χ0) is 13.0. The smallest absolute Gasteiger partial charge is 0.409 e. The van der Waals surface area contributed by atoms with Crippen molar-refractivity contribution in [1.29, 1.82) is 0 Å². The Morgan fingerprint density at radius 2 is 2.00 bits per heavy atom. The summed E-state index contributed by atoms with van der Waals surface area (Å²) in [5.74, 6) is 0. The molecule has 0 aliphatic heterocycles. The predicted molar refractivity (Wildman–Crippen MR) is 71.8 cm³/mol. The second kappa shape index (κ2) is 5.55. The molecule has 1 amide bonds. The molecule has 4 nitrogen and oxygen atoms in total. The lowest BCUT2D eigenvalue weighted by Gasteiger charge is -2.02. The maximum atomic E-state index is 10.5. The largest absolute Gasteiger partial charge is 0.487 e. The Labute approximate surface area is 109 Å². The molecule has 0 radical (unpaired) electrons. The molecule has 1 aromatic carbocycles. The fourth-order valence-electron chi connectivity index (χ4n) is 1.59. The minimum atomic E-state index is -1.05. The molecule has 2 aromatic rings. The highest BCUT2D eigenvalue weighted by atomic mass is 32.1. The van der Waals surface area contributed by atoms with Crippen LogP contribution in [0.15, 0.2) is 36.4 Å². The van der Waals surface area contributed by atoms with Crippen LogP contribution in [0.5, 0.6) is 5.06 Å². The molecule has 0 fully saturated rings. The quantitative estimate of drug-likeness (QED) is 0.888. The van der Waals surface area contributed by atoms with Gasteiger partial charge in [0.1, 0.15) is 0 Å². The number of anilines is 1. The molecule has 0 unspecified atom stereocenters. The van der Waals surface area contributed by atoms with Crippen molar-refractivity contribution < 1.29 is 14.6 Å². The van der Waals surface area contributed by atoms with Crippen molar-refractivity contribution in [2.24, 2.45) is 0 Å². The molecule has 2 rings (SSSR count). The minimum Gasteiger partial charge on any atom is -0.487 e. The predicted octanol–water partition coefficient (Wildman–Crippen LogP) is 3.44. The summed E-state index contributed by atoms with van der Waals surface area (Å²) in [6.07, 6.45) is -0.229. The van der Waals surface area contributed by atoms with Crippen LogP contribution < -0.4 is 10.1 Å². The third-order valence-corrected chi connectivity index (χ3v) is 3.47. The highest BCUT2D eigenvalue weighted by molar-refractivity contribution is 7.13. The van der Waals surface area contributed by atoms with Crippen LogP contribution >= 0.6 is 11.3 Å². The van der Waals surface area contributed by atoms with Crippen molar-refractivity contribution in [2.75, 3.05) is 12.4 Å². The van der Waals surface area contributed by atoms with Gasteiger partial charge in [-0.2, -0.15) is 0 Å². The van der Waals surface area contributed by atoms with Crippen LogP contribution in [0.1, 0.15) is 10.4 Å². The number of carbonyl (C=O) groups is 1. The number of carboxylic acid groups (broad SMARTS) is 1. The first-order valence-corrected chi connectivity index (χ1v) is 6.20.